The third-order valence-corrected chi connectivity index (χ3v) is 4.95. The van der Waals surface area contributed by atoms with Gasteiger partial charge in [-0.2, -0.15) is 11.8 Å². The highest BCUT2D eigenvalue weighted by Gasteiger charge is 2.13. The van der Waals surface area contributed by atoms with Crippen molar-refractivity contribution in [2.24, 2.45) is 0 Å². The van der Waals surface area contributed by atoms with Crippen LogP contribution in [0.15, 0.2) is 29.2 Å². The van der Waals surface area contributed by atoms with Crippen LogP contribution in [-0.4, -0.2) is 26.5 Å². The Hall–Kier alpha value is -0.720. The van der Waals surface area contributed by atoms with E-state index >= 15 is 0 Å². The van der Waals surface area contributed by atoms with E-state index in [9.17, 15) is 8.42 Å². The van der Waals surface area contributed by atoms with Crippen LogP contribution in [0.3, 0.4) is 0 Å². The van der Waals surface area contributed by atoms with Crippen molar-refractivity contribution in [3.63, 3.8) is 0 Å². The van der Waals surface area contributed by atoms with Gasteiger partial charge in [-0.3, -0.25) is 0 Å². The fraction of sp³-hybridized carbons (Fsp3) is 0.455. The van der Waals surface area contributed by atoms with Crippen LogP contribution in [0.1, 0.15) is 13.3 Å². The molecule has 4 nitrogen and oxygen atoms in total. The fourth-order valence-corrected chi connectivity index (χ4v) is 2.65. The van der Waals surface area contributed by atoms with E-state index in [0.29, 0.717) is 17.5 Å². The Balaban J connectivity index is 2.60. The van der Waals surface area contributed by atoms with Crippen molar-refractivity contribution < 1.29 is 8.42 Å². The van der Waals surface area contributed by atoms with Crippen LogP contribution in [0.25, 0.3) is 0 Å². The number of nitrogen functional groups attached to an aromatic ring is 1. The van der Waals surface area contributed by atoms with Crippen molar-refractivity contribution in [3.05, 3.63) is 24.3 Å². The van der Waals surface area contributed by atoms with Gasteiger partial charge in [-0.15, -0.1) is 0 Å². The maximum absolute atomic E-state index is 11.9. The van der Waals surface area contributed by atoms with Gasteiger partial charge in [0.1, 0.15) is 0 Å². The zero-order chi connectivity index (χ0) is 12.9. The molecule has 0 aliphatic carbocycles. The van der Waals surface area contributed by atoms with Crippen molar-refractivity contribution in [2.45, 2.75) is 23.5 Å². The highest BCUT2D eigenvalue weighted by Crippen LogP contribution is 2.12. The third kappa shape index (κ3) is 4.57. The summed E-state index contributed by atoms with van der Waals surface area (Å²) in [5.74, 6) is 0. The lowest BCUT2D eigenvalue weighted by molar-refractivity contribution is 0.579. The first-order chi connectivity index (χ1) is 7.95. The Morgan fingerprint density at radius 1 is 1.35 bits per heavy atom. The van der Waals surface area contributed by atoms with E-state index in [1.54, 1.807) is 23.9 Å². The molecule has 0 fully saturated rings. The van der Waals surface area contributed by atoms with Crippen molar-refractivity contribution in [3.8, 4) is 0 Å². The molecule has 1 aromatic rings. The van der Waals surface area contributed by atoms with Crippen LogP contribution in [0.4, 0.5) is 5.69 Å². The first-order valence-electron chi connectivity index (χ1n) is 5.33. The Kier molecular flexibility index (Phi) is 5.30. The van der Waals surface area contributed by atoms with Crippen LogP contribution in [0, 0.1) is 0 Å². The largest absolute Gasteiger partial charge is 0.399 e. The van der Waals surface area contributed by atoms with Gasteiger partial charge in [-0.05, 0) is 36.9 Å². The second-order valence-corrected chi connectivity index (χ2v) is 6.84. The first-order valence-corrected chi connectivity index (χ1v) is 8.11. The van der Waals surface area contributed by atoms with Gasteiger partial charge in [0, 0.05) is 17.5 Å². The Morgan fingerprint density at radius 3 is 2.47 bits per heavy atom. The summed E-state index contributed by atoms with van der Waals surface area (Å²) in [6.45, 7) is 2.52. The van der Waals surface area contributed by atoms with E-state index < -0.39 is 10.0 Å². The van der Waals surface area contributed by atoms with Crippen LogP contribution >= 0.6 is 11.8 Å². The maximum atomic E-state index is 11.9. The SMILES string of the molecule is CSC(C)CCNS(=O)(=O)c1ccc(N)cc1. The average Bonchev–Trinajstić information content (AvgIpc) is 2.29. The molecule has 0 aliphatic rings. The molecule has 0 saturated carbocycles. The molecular formula is C11H18N2O2S2. The fourth-order valence-electron chi connectivity index (χ4n) is 1.24. The highest BCUT2D eigenvalue weighted by molar-refractivity contribution is 7.99. The first kappa shape index (κ1) is 14.3. The Bertz CT molecular complexity index is 443. The molecule has 96 valence electrons. The van der Waals surface area contributed by atoms with Crippen LogP contribution < -0.4 is 10.5 Å². The lowest BCUT2D eigenvalue weighted by Gasteiger charge is -2.10. The monoisotopic (exact) mass is 274 g/mol. The Labute approximate surface area is 107 Å². The lowest BCUT2D eigenvalue weighted by atomic mass is 10.3. The molecule has 0 radical (unpaired) electrons. The van der Waals surface area contributed by atoms with Crippen molar-refractivity contribution in [1.29, 1.82) is 0 Å². The molecule has 6 heteroatoms. The summed E-state index contributed by atoms with van der Waals surface area (Å²) in [6.07, 6.45) is 2.83. The summed E-state index contributed by atoms with van der Waals surface area (Å²) in [5, 5.41) is 0.448. The van der Waals surface area contributed by atoms with Gasteiger partial charge in [-0.1, -0.05) is 6.92 Å². The lowest BCUT2D eigenvalue weighted by Crippen LogP contribution is -2.26. The summed E-state index contributed by atoms with van der Waals surface area (Å²) in [5.41, 5.74) is 6.07. The van der Waals surface area contributed by atoms with Crippen LogP contribution in [-0.2, 0) is 10.0 Å². The van der Waals surface area contributed by atoms with Crippen molar-refractivity contribution in [1.82, 2.24) is 4.72 Å². The van der Waals surface area contributed by atoms with Gasteiger partial charge in [0.15, 0.2) is 0 Å². The van der Waals surface area contributed by atoms with Gasteiger partial charge < -0.3 is 5.73 Å². The summed E-state index contributed by atoms with van der Waals surface area (Å²) < 4.78 is 26.3. The smallest absolute Gasteiger partial charge is 0.240 e. The van der Waals surface area contributed by atoms with Gasteiger partial charge in [0.25, 0.3) is 0 Å². The Morgan fingerprint density at radius 2 is 1.94 bits per heavy atom. The molecule has 0 bridgehead atoms. The van der Waals surface area contributed by atoms with E-state index in [1.165, 1.54) is 12.1 Å². The van der Waals surface area contributed by atoms with Crippen LogP contribution in [0.2, 0.25) is 0 Å². The number of hydrogen-bond acceptors (Lipinski definition) is 4. The molecule has 1 unspecified atom stereocenters. The third-order valence-electron chi connectivity index (χ3n) is 2.44. The number of sulfonamides is 1. The normalized spacial score (nSPS) is 13.5. The van der Waals surface area contributed by atoms with Crippen LogP contribution in [0.5, 0.6) is 0 Å². The molecule has 0 saturated heterocycles. The second-order valence-electron chi connectivity index (χ2n) is 3.80. The minimum absolute atomic E-state index is 0.253. The minimum atomic E-state index is -3.40. The standard InChI is InChI=1S/C11H18N2O2S2/c1-9(16-2)7-8-13-17(14,15)11-5-3-10(12)4-6-11/h3-6,9,13H,7-8,12H2,1-2H3. The summed E-state index contributed by atoms with van der Waals surface area (Å²) >= 11 is 1.72. The predicted molar refractivity (Wildman–Crippen MR) is 73.6 cm³/mol. The summed E-state index contributed by atoms with van der Waals surface area (Å²) in [7, 11) is -3.40. The van der Waals surface area contributed by atoms with Gasteiger partial charge in [0.05, 0.1) is 4.90 Å². The van der Waals surface area contributed by atoms with E-state index in [-0.39, 0.29) is 4.90 Å². The van der Waals surface area contributed by atoms with E-state index in [4.69, 9.17) is 5.73 Å². The molecule has 0 spiro atoms. The predicted octanol–water partition coefficient (Wildman–Crippen LogP) is 1.69. The zero-order valence-corrected chi connectivity index (χ0v) is 11.6. The number of hydrogen-bond donors (Lipinski definition) is 2. The molecule has 17 heavy (non-hydrogen) atoms. The van der Waals surface area contributed by atoms with Crippen molar-refractivity contribution >= 4 is 27.5 Å². The number of benzene rings is 1. The molecule has 0 aliphatic heterocycles. The summed E-state index contributed by atoms with van der Waals surface area (Å²) in [6, 6.07) is 6.18. The number of anilines is 1. The van der Waals surface area contributed by atoms with Gasteiger partial charge in [0.2, 0.25) is 10.0 Å². The minimum Gasteiger partial charge on any atom is -0.399 e. The number of rotatable bonds is 6. The number of thioether (sulfide) groups is 1. The molecule has 0 heterocycles. The maximum Gasteiger partial charge on any atom is 0.240 e. The van der Waals surface area contributed by atoms with Gasteiger partial charge >= 0.3 is 0 Å². The number of nitrogens with one attached hydrogen (secondary N) is 1. The topological polar surface area (TPSA) is 72.2 Å². The van der Waals surface area contributed by atoms with E-state index in [2.05, 4.69) is 11.6 Å². The summed E-state index contributed by atoms with van der Waals surface area (Å²) in [4.78, 5) is 0.253. The molecular weight excluding hydrogens is 256 g/mol. The molecule has 1 aromatic carbocycles. The van der Waals surface area contributed by atoms with E-state index in [1.807, 2.05) is 6.26 Å². The average molecular weight is 274 g/mol. The van der Waals surface area contributed by atoms with Gasteiger partial charge in [-0.25, -0.2) is 13.1 Å². The number of nitrogens with two attached hydrogens (primary N) is 1. The highest BCUT2D eigenvalue weighted by atomic mass is 32.2. The molecule has 1 atom stereocenters. The zero-order valence-electron chi connectivity index (χ0n) is 10.0. The molecule has 0 amide bonds. The molecule has 0 aromatic heterocycles. The van der Waals surface area contributed by atoms with E-state index in [0.717, 1.165) is 6.42 Å². The second kappa shape index (κ2) is 6.28. The molecule has 3 N–H and O–H groups in total. The molecule has 1 rings (SSSR count). The quantitative estimate of drug-likeness (QED) is 0.774. The van der Waals surface area contributed by atoms with Crippen molar-refractivity contribution in [2.75, 3.05) is 18.5 Å².